The summed E-state index contributed by atoms with van der Waals surface area (Å²) < 4.78 is 43.0. The highest BCUT2D eigenvalue weighted by Crippen LogP contribution is 2.29. The Bertz CT molecular complexity index is 1400. The van der Waals surface area contributed by atoms with Crippen LogP contribution < -0.4 is 9.62 Å². The van der Waals surface area contributed by atoms with E-state index in [9.17, 15) is 22.4 Å². The lowest BCUT2D eigenvalue weighted by atomic mass is 10.1. The zero-order chi connectivity index (χ0) is 28.0. The number of rotatable bonds is 10. The molecule has 3 rings (SSSR count). The second kappa shape index (κ2) is 12.6. The molecule has 1 atom stereocenters. The van der Waals surface area contributed by atoms with Crippen molar-refractivity contribution < 1.29 is 22.4 Å². The lowest BCUT2D eigenvalue weighted by molar-refractivity contribution is -0.139. The summed E-state index contributed by atoms with van der Waals surface area (Å²) in [4.78, 5) is 27.6. The van der Waals surface area contributed by atoms with Crippen LogP contribution in [0.5, 0.6) is 0 Å². The van der Waals surface area contributed by atoms with Crippen molar-refractivity contribution in [2.45, 2.75) is 38.3 Å². The van der Waals surface area contributed by atoms with Crippen LogP contribution in [0.1, 0.15) is 25.0 Å². The average molecular weight is 581 g/mol. The fourth-order valence-corrected chi connectivity index (χ4v) is 5.70. The molecule has 0 aliphatic carbocycles. The van der Waals surface area contributed by atoms with E-state index in [1.54, 1.807) is 44.2 Å². The Kier molecular flexibility index (Phi) is 9.76. The van der Waals surface area contributed by atoms with Crippen molar-refractivity contribution in [2.75, 3.05) is 17.4 Å². The van der Waals surface area contributed by atoms with Gasteiger partial charge in [0.05, 0.1) is 10.6 Å². The van der Waals surface area contributed by atoms with Crippen molar-refractivity contribution >= 4 is 50.7 Å². The normalized spacial score (nSPS) is 12.1. The molecule has 0 heterocycles. The molecule has 0 aromatic heterocycles. The van der Waals surface area contributed by atoms with Crippen LogP contribution in [0.25, 0.3) is 0 Å². The Hall–Kier alpha value is -3.14. The van der Waals surface area contributed by atoms with Crippen molar-refractivity contribution in [3.63, 3.8) is 0 Å². The summed E-state index contributed by atoms with van der Waals surface area (Å²) in [7, 11) is -4.37. The van der Waals surface area contributed by atoms with Gasteiger partial charge in [0, 0.05) is 28.7 Å². The van der Waals surface area contributed by atoms with Gasteiger partial charge in [-0.3, -0.25) is 13.9 Å². The van der Waals surface area contributed by atoms with Gasteiger partial charge in [-0.25, -0.2) is 12.8 Å². The highest BCUT2D eigenvalue weighted by atomic mass is 35.5. The van der Waals surface area contributed by atoms with Crippen LogP contribution in [-0.2, 0) is 26.2 Å². The van der Waals surface area contributed by atoms with E-state index < -0.39 is 40.2 Å². The second-order valence-electron chi connectivity index (χ2n) is 8.57. The number of carbonyl (C=O) groups is 2. The molecule has 11 heteroatoms. The minimum Gasteiger partial charge on any atom is -0.355 e. The minimum absolute atomic E-state index is 0.114. The molecule has 1 unspecified atom stereocenters. The molecule has 2 amide bonds. The van der Waals surface area contributed by atoms with E-state index in [4.69, 9.17) is 23.2 Å². The van der Waals surface area contributed by atoms with Crippen molar-refractivity contribution in [1.82, 2.24) is 10.2 Å². The lowest BCUT2D eigenvalue weighted by Gasteiger charge is -2.32. The van der Waals surface area contributed by atoms with Crippen molar-refractivity contribution in [1.29, 1.82) is 0 Å². The van der Waals surface area contributed by atoms with Gasteiger partial charge in [0.15, 0.2) is 0 Å². The smallest absolute Gasteiger partial charge is 0.264 e. The largest absolute Gasteiger partial charge is 0.355 e. The van der Waals surface area contributed by atoms with E-state index in [1.807, 2.05) is 0 Å². The molecule has 0 spiro atoms. The third kappa shape index (κ3) is 6.64. The highest BCUT2D eigenvalue weighted by molar-refractivity contribution is 7.92. The maximum absolute atomic E-state index is 14.9. The SMILES string of the molecule is CCNC(=O)C(C)N(Cc1c(Cl)cccc1Cl)C(=O)CN(c1ccccc1F)S(=O)(=O)c1ccc(C)cc1. The molecule has 0 aliphatic rings. The number of para-hydroxylation sites is 1. The maximum atomic E-state index is 14.9. The summed E-state index contributed by atoms with van der Waals surface area (Å²) in [6.45, 7) is 4.41. The van der Waals surface area contributed by atoms with Gasteiger partial charge in [-0.05, 0) is 57.2 Å². The van der Waals surface area contributed by atoms with E-state index >= 15 is 0 Å². The molecular weight excluding hydrogens is 552 g/mol. The van der Waals surface area contributed by atoms with Crippen LogP contribution in [-0.4, -0.2) is 44.3 Å². The Morgan fingerprint density at radius 2 is 1.58 bits per heavy atom. The number of aryl methyl sites for hydroxylation is 1. The molecule has 3 aromatic rings. The fourth-order valence-electron chi connectivity index (χ4n) is 3.76. The van der Waals surface area contributed by atoms with E-state index in [-0.39, 0.29) is 27.2 Å². The number of anilines is 1. The Morgan fingerprint density at radius 1 is 0.974 bits per heavy atom. The van der Waals surface area contributed by atoms with Crippen LogP contribution in [0, 0.1) is 12.7 Å². The van der Waals surface area contributed by atoms with Crippen LogP contribution >= 0.6 is 23.2 Å². The van der Waals surface area contributed by atoms with Crippen LogP contribution in [0.2, 0.25) is 10.0 Å². The van der Waals surface area contributed by atoms with Gasteiger partial charge in [0.25, 0.3) is 10.0 Å². The molecule has 0 radical (unpaired) electrons. The number of nitrogens with zero attached hydrogens (tertiary/aromatic N) is 2. The Balaban J connectivity index is 2.08. The first-order chi connectivity index (χ1) is 18.0. The monoisotopic (exact) mass is 579 g/mol. The molecule has 0 saturated carbocycles. The number of carbonyl (C=O) groups excluding carboxylic acids is 2. The van der Waals surface area contributed by atoms with Gasteiger partial charge in [-0.2, -0.15) is 0 Å². The first kappa shape index (κ1) is 29.4. The fraction of sp³-hybridized carbons (Fsp3) is 0.259. The minimum atomic E-state index is -4.37. The quantitative estimate of drug-likeness (QED) is 0.358. The zero-order valence-corrected chi connectivity index (χ0v) is 23.4. The van der Waals surface area contributed by atoms with Crippen LogP contribution in [0.4, 0.5) is 10.1 Å². The standard InChI is InChI=1S/C27H28Cl2FN3O4S/c1-4-31-27(35)19(3)32(16-21-22(28)8-7-9-23(21)29)26(34)17-33(25-11-6-5-10-24(25)30)38(36,37)20-14-12-18(2)13-15-20/h5-15,19H,4,16-17H2,1-3H3,(H,31,35). The predicted molar refractivity (Wildman–Crippen MR) is 147 cm³/mol. The predicted octanol–water partition coefficient (Wildman–Crippen LogP) is 5.19. The molecule has 3 aromatic carbocycles. The molecule has 202 valence electrons. The third-order valence-corrected chi connectivity index (χ3v) is 8.40. The summed E-state index contributed by atoms with van der Waals surface area (Å²) in [5.41, 5.74) is 0.915. The molecular formula is C27H28Cl2FN3O4S. The molecule has 0 saturated heterocycles. The van der Waals surface area contributed by atoms with E-state index in [0.29, 0.717) is 16.4 Å². The van der Waals surface area contributed by atoms with Crippen LogP contribution in [0.15, 0.2) is 71.6 Å². The van der Waals surface area contributed by atoms with Gasteiger partial charge in [0.2, 0.25) is 11.8 Å². The average Bonchev–Trinajstić information content (AvgIpc) is 2.87. The maximum Gasteiger partial charge on any atom is 0.264 e. The third-order valence-electron chi connectivity index (χ3n) is 5.92. The Morgan fingerprint density at radius 3 is 2.16 bits per heavy atom. The molecule has 1 N–H and O–H groups in total. The van der Waals surface area contributed by atoms with Crippen molar-refractivity contribution in [2.24, 2.45) is 0 Å². The highest BCUT2D eigenvalue weighted by Gasteiger charge is 2.34. The zero-order valence-electron chi connectivity index (χ0n) is 21.1. The summed E-state index contributed by atoms with van der Waals surface area (Å²) in [6.07, 6.45) is 0. The number of halogens is 3. The van der Waals surface area contributed by atoms with Gasteiger partial charge >= 0.3 is 0 Å². The molecule has 38 heavy (non-hydrogen) atoms. The van der Waals surface area contributed by atoms with Crippen LogP contribution in [0.3, 0.4) is 0 Å². The van der Waals surface area contributed by atoms with Gasteiger partial charge in [0.1, 0.15) is 18.4 Å². The number of likely N-dealkylation sites (N-methyl/N-ethyl adjacent to an activating group) is 1. The van der Waals surface area contributed by atoms with E-state index in [0.717, 1.165) is 11.6 Å². The molecule has 0 bridgehead atoms. The number of benzene rings is 3. The first-order valence-electron chi connectivity index (χ1n) is 11.8. The Labute approximate surface area is 232 Å². The van der Waals surface area contributed by atoms with E-state index in [2.05, 4.69) is 5.32 Å². The molecule has 7 nitrogen and oxygen atoms in total. The number of amides is 2. The van der Waals surface area contributed by atoms with Crippen molar-refractivity contribution in [3.8, 4) is 0 Å². The summed E-state index contributed by atoms with van der Waals surface area (Å²) in [6, 6.07) is 15.1. The van der Waals surface area contributed by atoms with Gasteiger partial charge < -0.3 is 10.2 Å². The number of nitrogens with one attached hydrogen (secondary N) is 1. The van der Waals surface area contributed by atoms with Gasteiger partial charge in [-0.15, -0.1) is 0 Å². The number of hydrogen-bond donors (Lipinski definition) is 1. The van der Waals surface area contributed by atoms with Gasteiger partial charge in [-0.1, -0.05) is 59.1 Å². The number of sulfonamides is 1. The molecule has 0 aliphatic heterocycles. The summed E-state index contributed by atoms with van der Waals surface area (Å²) in [5, 5.41) is 3.21. The topological polar surface area (TPSA) is 86.8 Å². The summed E-state index contributed by atoms with van der Waals surface area (Å²) in [5.74, 6) is -2.03. The molecule has 0 fully saturated rings. The lowest BCUT2D eigenvalue weighted by Crippen LogP contribution is -2.51. The summed E-state index contributed by atoms with van der Waals surface area (Å²) >= 11 is 12.7. The second-order valence-corrected chi connectivity index (χ2v) is 11.2. The van der Waals surface area contributed by atoms with Crippen molar-refractivity contribution in [3.05, 3.63) is 93.7 Å². The van der Waals surface area contributed by atoms with E-state index in [1.165, 1.54) is 42.2 Å². The first-order valence-corrected chi connectivity index (χ1v) is 14.0. The number of hydrogen-bond acceptors (Lipinski definition) is 4.